The van der Waals surface area contributed by atoms with Gasteiger partial charge in [-0.1, -0.05) is 23.7 Å². The molecule has 1 atom stereocenters. The van der Waals surface area contributed by atoms with Gasteiger partial charge in [0.05, 0.1) is 10.8 Å². The molecule has 1 unspecified atom stereocenters. The Balaban J connectivity index is 1.89. The van der Waals surface area contributed by atoms with Gasteiger partial charge >= 0.3 is 0 Å². The average Bonchev–Trinajstić information content (AvgIpc) is 2.97. The molecule has 1 aliphatic rings. The normalized spacial score (nSPS) is 18.7. The van der Waals surface area contributed by atoms with E-state index < -0.39 is 4.92 Å². The monoisotopic (exact) mass is 287 g/mol. The van der Waals surface area contributed by atoms with Crippen LogP contribution in [0.15, 0.2) is 28.8 Å². The second-order valence-electron chi connectivity index (χ2n) is 5.03. The lowest BCUT2D eigenvalue weighted by Gasteiger charge is -2.16. The van der Waals surface area contributed by atoms with Crippen LogP contribution in [0.5, 0.6) is 0 Å². The topological polar surface area (TPSA) is 99.1 Å². The van der Waals surface area contributed by atoms with Crippen molar-refractivity contribution in [1.82, 2.24) is 10.1 Å². The van der Waals surface area contributed by atoms with Crippen molar-refractivity contribution < 1.29 is 14.2 Å². The number of hydrogen-bond donors (Lipinski definition) is 0. The Bertz CT molecular complexity index is 695. The van der Waals surface area contributed by atoms with E-state index in [0.29, 0.717) is 17.9 Å². The molecule has 0 N–H and O–H groups in total. The minimum absolute atomic E-state index is 0.0346. The number of carbonyl (C=O) groups is 1. The molecule has 0 saturated heterocycles. The van der Waals surface area contributed by atoms with E-state index in [1.807, 2.05) is 0 Å². The van der Waals surface area contributed by atoms with Gasteiger partial charge in [-0.25, -0.2) is 0 Å². The summed E-state index contributed by atoms with van der Waals surface area (Å²) in [6.45, 7) is 0. The number of nitro groups is 1. The smallest absolute Gasteiger partial charge is 0.270 e. The highest BCUT2D eigenvalue weighted by Gasteiger charge is 2.29. The molecule has 1 saturated carbocycles. The number of nitro benzene ring substituents is 1. The maximum absolute atomic E-state index is 11.9. The van der Waals surface area contributed by atoms with Crippen LogP contribution in [-0.2, 0) is 4.79 Å². The van der Waals surface area contributed by atoms with E-state index >= 15 is 0 Å². The van der Waals surface area contributed by atoms with E-state index in [0.717, 1.165) is 19.3 Å². The second-order valence-corrected chi connectivity index (χ2v) is 5.03. The number of benzene rings is 1. The van der Waals surface area contributed by atoms with Crippen LogP contribution in [0.4, 0.5) is 5.69 Å². The Morgan fingerprint density at radius 3 is 2.95 bits per heavy atom. The molecule has 1 aliphatic carbocycles. The van der Waals surface area contributed by atoms with Gasteiger partial charge in [0.2, 0.25) is 11.7 Å². The molecular weight excluding hydrogens is 274 g/mol. The molecular formula is C14H13N3O4. The molecule has 0 aliphatic heterocycles. The van der Waals surface area contributed by atoms with Crippen molar-refractivity contribution in [2.75, 3.05) is 0 Å². The summed E-state index contributed by atoms with van der Waals surface area (Å²) in [6.07, 6.45) is 3.13. The number of ketones is 1. The van der Waals surface area contributed by atoms with Gasteiger partial charge in [-0.05, 0) is 12.8 Å². The van der Waals surface area contributed by atoms with Gasteiger partial charge in [-0.3, -0.25) is 14.9 Å². The van der Waals surface area contributed by atoms with E-state index in [2.05, 4.69) is 10.1 Å². The van der Waals surface area contributed by atoms with Crippen molar-refractivity contribution in [1.29, 1.82) is 0 Å². The number of non-ortho nitro benzene ring substituents is 1. The molecule has 0 amide bonds. The van der Waals surface area contributed by atoms with Crippen LogP contribution in [0.1, 0.15) is 37.5 Å². The van der Waals surface area contributed by atoms with Gasteiger partial charge in [0.15, 0.2) is 0 Å². The lowest BCUT2D eigenvalue weighted by molar-refractivity contribution is -0.384. The molecule has 2 aromatic rings. The zero-order valence-electron chi connectivity index (χ0n) is 11.2. The van der Waals surface area contributed by atoms with Gasteiger partial charge < -0.3 is 4.52 Å². The molecule has 1 fully saturated rings. The molecule has 0 spiro atoms. The Labute approximate surface area is 120 Å². The van der Waals surface area contributed by atoms with Crippen LogP contribution in [0.3, 0.4) is 0 Å². The molecule has 1 aromatic heterocycles. The highest BCUT2D eigenvalue weighted by molar-refractivity contribution is 5.85. The van der Waals surface area contributed by atoms with Crippen molar-refractivity contribution in [3.05, 3.63) is 40.3 Å². The first kappa shape index (κ1) is 13.4. The molecule has 7 nitrogen and oxygen atoms in total. The summed E-state index contributed by atoms with van der Waals surface area (Å²) in [5.74, 6) is 0.363. The summed E-state index contributed by atoms with van der Waals surface area (Å²) in [7, 11) is 0. The van der Waals surface area contributed by atoms with Gasteiger partial charge in [-0.15, -0.1) is 0 Å². The average molecular weight is 287 g/mol. The minimum Gasteiger partial charge on any atom is -0.338 e. The molecule has 3 rings (SSSR count). The van der Waals surface area contributed by atoms with Crippen LogP contribution in [-0.4, -0.2) is 20.8 Å². The maximum atomic E-state index is 11.9. The fourth-order valence-electron chi connectivity index (χ4n) is 2.50. The summed E-state index contributed by atoms with van der Waals surface area (Å²) in [6, 6.07) is 6.02. The first-order valence-corrected chi connectivity index (χ1v) is 6.76. The number of Topliss-reactive ketones (excluding diaryl/α,β-unsaturated/α-hetero) is 1. The lowest BCUT2D eigenvalue weighted by Crippen LogP contribution is -2.17. The van der Waals surface area contributed by atoms with Crippen LogP contribution in [0.2, 0.25) is 0 Å². The minimum atomic E-state index is -0.477. The van der Waals surface area contributed by atoms with E-state index in [9.17, 15) is 14.9 Å². The van der Waals surface area contributed by atoms with Crippen LogP contribution in [0.25, 0.3) is 11.4 Å². The number of carbonyl (C=O) groups excluding carboxylic acids is 1. The predicted octanol–water partition coefficient (Wildman–Crippen LogP) is 2.87. The molecule has 1 aromatic carbocycles. The maximum Gasteiger partial charge on any atom is 0.270 e. The van der Waals surface area contributed by atoms with Gasteiger partial charge in [0.25, 0.3) is 5.69 Å². The number of hydrogen-bond acceptors (Lipinski definition) is 6. The predicted molar refractivity (Wildman–Crippen MR) is 72.6 cm³/mol. The number of nitrogens with zero attached hydrogens (tertiary/aromatic N) is 3. The first-order valence-electron chi connectivity index (χ1n) is 6.76. The standard InChI is InChI=1S/C14H13N3O4/c18-12-7-2-1-6-11(12)14-15-13(16-21-14)9-4-3-5-10(8-9)17(19)20/h3-5,8,11H,1-2,6-7H2. The SMILES string of the molecule is O=C1CCCCC1c1nc(-c2cccc([N+](=O)[O-])c2)no1. The Hall–Kier alpha value is -2.57. The zero-order valence-corrected chi connectivity index (χ0v) is 11.2. The largest absolute Gasteiger partial charge is 0.338 e. The number of rotatable bonds is 3. The van der Waals surface area contributed by atoms with Crippen molar-refractivity contribution in [3.8, 4) is 11.4 Å². The van der Waals surface area contributed by atoms with Crippen molar-refractivity contribution in [2.45, 2.75) is 31.6 Å². The highest BCUT2D eigenvalue weighted by Crippen LogP contribution is 2.30. The Morgan fingerprint density at radius 1 is 1.33 bits per heavy atom. The van der Waals surface area contributed by atoms with Crippen LogP contribution >= 0.6 is 0 Å². The summed E-state index contributed by atoms with van der Waals surface area (Å²) in [5.41, 5.74) is 0.468. The summed E-state index contributed by atoms with van der Waals surface area (Å²) >= 11 is 0. The Kier molecular flexibility index (Phi) is 3.47. The van der Waals surface area contributed by atoms with E-state index in [1.165, 1.54) is 12.1 Å². The van der Waals surface area contributed by atoms with Gasteiger partial charge in [0, 0.05) is 24.1 Å². The molecule has 0 bridgehead atoms. The Morgan fingerprint density at radius 2 is 2.19 bits per heavy atom. The lowest BCUT2D eigenvalue weighted by atomic mass is 9.88. The van der Waals surface area contributed by atoms with E-state index in [1.54, 1.807) is 12.1 Å². The summed E-state index contributed by atoms with van der Waals surface area (Å²) < 4.78 is 5.18. The second kappa shape index (κ2) is 5.43. The first-order chi connectivity index (χ1) is 10.1. The third kappa shape index (κ3) is 2.67. The van der Waals surface area contributed by atoms with Crippen LogP contribution < -0.4 is 0 Å². The van der Waals surface area contributed by atoms with Crippen molar-refractivity contribution >= 4 is 11.5 Å². The molecule has 7 heteroatoms. The summed E-state index contributed by atoms with van der Waals surface area (Å²) in [5, 5.41) is 14.6. The third-order valence-corrected chi connectivity index (χ3v) is 3.61. The van der Waals surface area contributed by atoms with Crippen molar-refractivity contribution in [2.24, 2.45) is 0 Å². The quantitative estimate of drug-likeness (QED) is 0.635. The van der Waals surface area contributed by atoms with Crippen LogP contribution in [0, 0.1) is 10.1 Å². The highest BCUT2D eigenvalue weighted by atomic mass is 16.6. The third-order valence-electron chi connectivity index (χ3n) is 3.61. The summed E-state index contributed by atoms with van der Waals surface area (Å²) in [4.78, 5) is 26.4. The molecule has 0 radical (unpaired) electrons. The molecule has 21 heavy (non-hydrogen) atoms. The molecule has 1 heterocycles. The fraction of sp³-hybridized carbons (Fsp3) is 0.357. The number of aromatic nitrogens is 2. The molecule has 108 valence electrons. The van der Waals surface area contributed by atoms with Gasteiger partial charge in [0.1, 0.15) is 5.78 Å². The van der Waals surface area contributed by atoms with E-state index in [4.69, 9.17) is 4.52 Å². The van der Waals surface area contributed by atoms with Gasteiger partial charge in [-0.2, -0.15) is 4.98 Å². The fourth-order valence-corrected chi connectivity index (χ4v) is 2.50. The zero-order chi connectivity index (χ0) is 14.8. The van der Waals surface area contributed by atoms with Crippen molar-refractivity contribution in [3.63, 3.8) is 0 Å². The van der Waals surface area contributed by atoms with E-state index in [-0.39, 0.29) is 23.2 Å².